The molecule has 54 valence electrons. The molecule has 0 saturated heterocycles. The van der Waals surface area contributed by atoms with Gasteiger partial charge in [-0.15, -0.1) is 5.10 Å². The van der Waals surface area contributed by atoms with Crippen LogP contribution in [0.1, 0.15) is 0 Å². The van der Waals surface area contributed by atoms with Gasteiger partial charge in [-0.1, -0.05) is 0 Å². The molecular weight excluding hydrogens is 136 g/mol. The van der Waals surface area contributed by atoms with Gasteiger partial charge in [0.2, 0.25) is 5.82 Å². The summed E-state index contributed by atoms with van der Waals surface area (Å²) in [4.78, 5) is 21.3. The Balaban J connectivity index is 3.66. The highest BCUT2D eigenvalue weighted by Crippen LogP contribution is 1.71. The highest BCUT2D eigenvalue weighted by molar-refractivity contribution is 5.19. The van der Waals surface area contributed by atoms with Crippen LogP contribution in [0.3, 0.4) is 0 Å². The van der Waals surface area contributed by atoms with Crippen molar-refractivity contribution in [3.05, 3.63) is 20.8 Å². The van der Waals surface area contributed by atoms with Crippen LogP contribution in [0, 0.1) is 0 Å². The van der Waals surface area contributed by atoms with Gasteiger partial charge in [0.15, 0.2) is 0 Å². The molecule has 1 heterocycles. The maximum Gasteiger partial charge on any atom is 0.344 e. The molecule has 0 bridgehead atoms. The van der Waals surface area contributed by atoms with Gasteiger partial charge in [0, 0.05) is 7.05 Å². The molecule has 1 aromatic heterocycles. The van der Waals surface area contributed by atoms with E-state index in [4.69, 9.17) is 5.73 Å². The van der Waals surface area contributed by atoms with E-state index in [0.29, 0.717) is 0 Å². The minimum Gasteiger partial charge on any atom is -0.378 e. The summed E-state index contributed by atoms with van der Waals surface area (Å²) in [6.07, 6.45) is 0. The van der Waals surface area contributed by atoms with Crippen LogP contribution in [-0.4, -0.2) is 14.8 Å². The van der Waals surface area contributed by atoms with Crippen LogP contribution < -0.4 is 17.0 Å². The summed E-state index contributed by atoms with van der Waals surface area (Å²) in [6.45, 7) is 0. The number of hydrogen-bond acceptors (Lipinski definition) is 4. The van der Waals surface area contributed by atoms with Crippen LogP contribution in [0.15, 0.2) is 9.59 Å². The number of hydrogen-bond donors (Lipinski definition) is 2. The van der Waals surface area contributed by atoms with Gasteiger partial charge in [0.1, 0.15) is 0 Å². The lowest BCUT2D eigenvalue weighted by Gasteiger charge is -1.93. The highest BCUT2D eigenvalue weighted by Gasteiger charge is 1.98. The van der Waals surface area contributed by atoms with Gasteiger partial charge in [-0.05, 0) is 0 Å². The van der Waals surface area contributed by atoms with Crippen molar-refractivity contribution in [2.24, 2.45) is 7.05 Å². The summed E-state index contributed by atoms with van der Waals surface area (Å²) in [7, 11) is 1.32. The fraction of sp³-hybridized carbons (Fsp3) is 0.250. The lowest BCUT2D eigenvalue weighted by Crippen LogP contribution is -2.35. The largest absolute Gasteiger partial charge is 0.378 e. The third kappa shape index (κ3) is 0.790. The maximum absolute atomic E-state index is 10.7. The molecule has 0 unspecified atom stereocenters. The van der Waals surface area contributed by atoms with Crippen molar-refractivity contribution >= 4 is 5.82 Å². The molecule has 10 heavy (non-hydrogen) atoms. The number of nitrogens with two attached hydrogens (primary N) is 1. The Hall–Kier alpha value is -1.59. The highest BCUT2D eigenvalue weighted by atomic mass is 16.2. The molecule has 0 amide bonds. The number of H-pyrrole nitrogens is 1. The molecule has 0 aliphatic carbocycles. The molecule has 0 aliphatic heterocycles. The molecular formula is C4H6N4O2. The zero-order valence-corrected chi connectivity index (χ0v) is 5.29. The molecule has 6 nitrogen and oxygen atoms in total. The lowest BCUT2D eigenvalue weighted by molar-refractivity contribution is 0.734. The minimum atomic E-state index is -0.580. The smallest absolute Gasteiger partial charge is 0.344 e. The van der Waals surface area contributed by atoms with Gasteiger partial charge in [-0.25, -0.2) is 9.89 Å². The Kier molecular flexibility index (Phi) is 1.29. The predicted octanol–water partition coefficient (Wildman–Crippen LogP) is -1.95. The van der Waals surface area contributed by atoms with Crippen molar-refractivity contribution < 1.29 is 0 Å². The van der Waals surface area contributed by atoms with E-state index in [1.165, 1.54) is 7.05 Å². The second-order valence-electron chi connectivity index (χ2n) is 1.78. The average Bonchev–Trinajstić information content (AvgIpc) is 1.93. The number of nitrogens with one attached hydrogen (secondary N) is 1. The third-order valence-electron chi connectivity index (χ3n) is 1.10. The Morgan fingerprint density at radius 2 is 2.20 bits per heavy atom. The van der Waals surface area contributed by atoms with Crippen LogP contribution >= 0.6 is 0 Å². The van der Waals surface area contributed by atoms with Crippen molar-refractivity contribution in [2.45, 2.75) is 0 Å². The van der Waals surface area contributed by atoms with Crippen LogP contribution in [0.2, 0.25) is 0 Å². The van der Waals surface area contributed by atoms with E-state index < -0.39 is 11.2 Å². The van der Waals surface area contributed by atoms with Gasteiger partial charge in [0.05, 0.1) is 0 Å². The summed E-state index contributed by atoms with van der Waals surface area (Å²) in [5.74, 6) is -0.206. The molecule has 0 aromatic carbocycles. The summed E-state index contributed by atoms with van der Waals surface area (Å²) in [5, 5.41) is 5.29. The Labute approximate surface area is 55.3 Å². The van der Waals surface area contributed by atoms with Crippen LogP contribution in [0.25, 0.3) is 0 Å². The molecule has 0 atom stereocenters. The van der Waals surface area contributed by atoms with Gasteiger partial charge in [-0.3, -0.25) is 9.36 Å². The summed E-state index contributed by atoms with van der Waals surface area (Å²) in [6, 6.07) is 0. The molecule has 0 saturated carbocycles. The van der Waals surface area contributed by atoms with E-state index >= 15 is 0 Å². The molecule has 0 spiro atoms. The second-order valence-corrected chi connectivity index (χ2v) is 1.78. The van der Waals surface area contributed by atoms with E-state index in [1.807, 2.05) is 5.10 Å². The number of rotatable bonds is 0. The number of aromatic amines is 1. The quantitative estimate of drug-likeness (QED) is 0.440. The first-order valence-electron chi connectivity index (χ1n) is 2.54. The van der Waals surface area contributed by atoms with E-state index in [-0.39, 0.29) is 5.82 Å². The number of aromatic nitrogens is 3. The zero-order valence-electron chi connectivity index (χ0n) is 5.29. The fourth-order valence-corrected chi connectivity index (χ4v) is 0.495. The molecule has 0 radical (unpaired) electrons. The van der Waals surface area contributed by atoms with E-state index in [9.17, 15) is 9.59 Å². The monoisotopic (exact) mass is 142 g/mol. The van der Waals surface area contributed by atoms with E-state index in [0.717, 1.165) is 4.57 Å². The zero-order chi connectivity index (χ0) is 7.72. The molecule has 0 fully saturated rings. The van der Waals surface area contributed by atoms with Crippen molar-refractivity contribution in [1.82, 2.24) is 14.8 Å². The van der Waals surface area contributed by atoms with Crippen LogP contribution in [0.5, 0.6) is 0 Å². The maximum atomic E-state index is 10.7. The molecule has 3 N–H and O–H groups in total. The van der Waals surface area contributed by atoms with Gasteiger partial charge in [0.25, 0.3) is 5.56 Å². The second kappa shape index (κ2) is 1.98. The van der Waals surface area contributed by atoms with Crippen LogP contribution in [0.4, 0.5) is 5.82 Å². The first-order valence-corrected chi connectivity index (χ1v) is 2.54. The molecule has 6 heteroatoms. The predicted molar refractivity (Wildman–Crippen MR) is 34.5 cm³/mol. The molecule has 0 aliphatic rings. The standard InChI is InChI=1S/C4H6N4O2/c1-8-3(9)2(5)6-7-4(8)10/h1H3,(H2,5,6)(H,7,10). The first kappa shape index (κ1) is 6.53. The van der Waals surface area contributed by atoms with E-state index in [1.54, 1.807) is 0 Å². The summed E-state index contributed by atoms with van der Waals surface area (Å²) < 4.78 is 0.850. The van der Waals surface area contributed by atoms with Crippen molar-refractivity contribution in [3.8, 4) is 0 Å². The van der Waals surface area contributed by atoms with E-state index in [2.05, 4.69) is 5.10 Å². The average molecular weight is 142 g/mol. The summed E-state index contributed by atoms with van der Waals surface area (Å²) in [5.41, 5.74) is 3.92. The van der Waals surface area contributed by atoms with Gasteiger partial charge >= 0.3 is 5.69 Å². The number of nitrogen functional groups attached to an aromatic ring is 1. The van der Waals surface area contributed by atoms with Crippen molar-refractivity contribution in [3.63, 3.8) is 0 Å². The fourth-order valence-electron chi connectivity index (χ4n) is 0.495. The molecule has 1 rings (SSSR count). The summed E-state index contributed by atoms with van der Waals surface area (Å²) >= 11 is 0. The topological polar surface area (TPSA) is 93.8 Å². The minimum absolute atomic E-state index is 0.206. The van der Waals surface area contributed by atoms with Gasteiger partial charge < -0.3 is 5.73 Å². The van der Waals surface area contributed by atoms with Crippen molar-refractivity contribution in [2.75, 3.05) is 5.73 Å². The number of nitrogens with zero attached hydrogens (tertiary/aromatic N) is 2. The first-order chi connectivity index (χ1) is 4.63. The number of anilines is 1. The Morgan fingerprint density at radius 1 is 1.60 bits per heavy atom. The van der Waals surface area contributed by atoms with Crippen molar-refractivity contribution in [1.29, 1.82) is 0 Å². The molecule has 1 aromatic rings. The van der Waals surface area contributed by atoms with Crippen LogP contribution in [-0.2, 0) is 7.05 Å². The normalized spacial score (nSPS) is 9.70. The SMILES string of the molecule is Cn1c(=O)[nH]nc(N)c1=O. The third-order valence-corrected chi connectivity index (χ3v) is 1.10. The Morgan fingerprint density at radius 3 is 2.70 bits per heavy atom. The van der Waals surface area contributed by atoms with Gasteiger partial charge in [-0.2, -0.15) is 0 Å². The Bertz CT molecular complexity index is 349. The lowest BCUT2D eigenvalue weighted by atomic mass is 10.7.